The summed E-state index contributed by atoms with van der Waals surface area (Å²) in [7, 11) is 0. The zero-order valence-corrected chi connectivity index (χ0v) is 13.4. The van der Waals surface area contributed by atoms with E-state index in [1.54, 1.807) is 18.2 Å². The molecule has 1 aromatic carbocycles. The highest BCUT2D eigenvalue weighted by Crippen LogP contribution is 2.23. The zero-order chi connectivity index (χ0) is 16.1. The maximum atomic E-state index is 12.5. The van der Waals surface area contributed by atoms with Crippen LogP contribution in [0, 0.1) is 0 Å². The van der Waals surface area contributed by atoms with Crippen LogP contribution in [0.3, 0.4) is 0 Å². The van der Waals surface area contributed by atoms with Gasteiger partial charge in [-0.15, -0.1) is 0 Å². The van der Waals surface area contributed by atoms with Gasteiger partial charge >= 0.3 is 5.97 Å². The van der Waals surface area contributed by atoms with Crippen molar-refractivity contribution in [3.8, 4) is 0 Å². The Labute approximate surface area is 138 Å². The van der Waals surface area contributed by atoms with Crippen LogP contribution < -0.4 is 0 Å². The highest BCUT2D eigenvalue weighted by Gasteiger charge is 2.27. The monoisotopic (exact) mass is 345 g/mol. The van der Waals surface area contributed by atoms with Crippen molar-refractivity contribution < 1.29 is 19.4 Å². The third kappa shape index (κ3) is 4.60. The topological polar surface area (TPSA) is 66.8 Å². The van der Waals surface area contributed by atoms with Gasteiger partial charge in [0.15, 0.2) is 0 Å². The Morgan fingerprint density at radius 2 is 1.91 bits per heavy atom. The number of nitrogens with zero attached hydrogens (tertiary/aromatic N) is 1. The lowest BCUT2D eigenvalue weighted by Crippen LogP contribution is -2.46. The lowest BCUT2D eigenvalue weighted by molar-refractivity contribution is -0.147. The fraction of sp³-hybridized carbons (Fsp3) is 0.467. The van der Waals surface area contributed by atoms with Gasteiger partial charge in [-0.05, 0) is 30.5 Å². The SMILES string of the molecule is O=C(O)CN(C(=O)Cc1ccc(Cl)c(Cl)c1)C1CCOCC1. The van der Waals surface area contributed by atoms with Crippen molar-refractivity contribution in [2.75, 3.05) is 19.8 Å². The number of ether oxygens (including phenoxy) is 1. The summed E-state index contributed by atoms with van der Waals surface area (Å²) in [5.74, 6) is -1.25. The molecule has 0 spiro atoms. The Morgan fingerprint density at radius 1 is 1.23 bits per heavy atom. The Kier molecular flexibility index (Phi) is 6.06. The van der Waals surface area contributed by atoms with Gasteiger partial charge in [0.1, 0.15) is 6.54 Å². The largest absolute Gasteiger partial charge is 0.480 e. The van der Waals surface area contributed by atoms with Gasteiger partial charge in [-0.3, -0.25) is 9.59 Å². The first-order valence-electron chi connectivity index (χ1n) is 7.00. The summed E-state index contributed by atoms with van der Waals surface area (Å²) >= 11 is 11.8. The fourth-order valence-corrected chi connectivity index (χ4v) is 2.81. The van der Waals surface area contributed by atoms with Crippen LogP contribution >= 0.6 is 23.2 Å². The van der Waals surface area contributed by atoms with Crippen molar-refractivity contribution in [1.82, 2.24) is 4.90 Å². The molecule has 0 aliphatic carbocycles. The molecule has 1 aliphatic heterocycles. The van der Waals surface area contributed by atoms with Gasteiger partial charge in [0.25, 0.3) is 0 Å². The maximum absolute atomic E-state index is 12.5. The van der Waals surface area contributed by atoms with Gasteiger partial charge in [-0.1, -0.05) is 29.3 Å². The van der Waals surface area contributed by atoms with Gasteiger partial charge < -0.3 is 14.7 Å². The van der Waals surface area contributed by atoms with Crippen LogP contribution in [0.4, 0.5) is 0 Å². The second kappa shape index (κ2) is 7.81. The second-order valence-electron chi connectivity index (χ2n) is 5.18. The number of amides is 1. The van der Waals surface area contributed by atoms with E-state index in [-0.39, 0.29) is 24.9 Å². The predicted octanol–water partition coefficient (Wildman–Crippen LogP) is 2.63. The molecule has 2 rings (SSSR count). The summed E-state index contributed by atoms with van der Waals surface area (Å²) in [5.41, 5.74) is 0.710. The predicted molar refractivity (Wildman–Crippen MR) is 83.4 cm³/mol. The highest BCUT2D eigenvalue weighted by atomic mass is 35.5. The minimum absolute atomic E-state index is 0.0971. The Morgan fingerprint density at radius 3 is 2.50 bits per heavy atom. The fourth-order valence-electron chi connectivity index (χ4n) is 2.49. The number of carboxylic acid groups (broad SMARTS) is 1. The molecule has 0 aromatic heterocycles. The lowest BCUT2D eigenvalue weighted by Gasteiger charge is -2.33. The summed E-state index contributed by atoms with van der Waals surface area (Å²) in [6.45, 7) is 0.784. The Hall–Kier alpha value is -1.30. The van der Waals surface area contributed by atoms with E-state index in [1.807, 2.05) is 0 Å². The van der Waals surface area contributed by atoms with E-state index in [2.05, 4.69) is 0 Å². The van der Waals surface area contributed by atoms with Gasteiger partial charge in [0.05, 0.1) is 16.5 Å². The van der Waals surface area contributed by atoms with Gasteiger partial charge in [0.2, 0.25) is 5.91 Å². The number of halogens is 2. The average Bonchev–Trinajstić information content (AvgIpc) is 2.49. The molecule has 1 heterocycles. The van der Waals surface area contributed by atoms with E-state index in [1.165, 1.54) is 4.90 Å². The normalized spacial score (nSPS) is 15.5. The molecular formula is C15H17Cl2NO4. The summed E-state index contributed by atoms with van der Waals surface area (Å²) in [4.78, 5) is 25.0. The van der Waals surface area contributed by atoms with Crippen molar-refractivity contribution in [2.24, 2.45) is 0 Å². The molecule has 120 valence electrons. The molecule has 0 unspecified atom stereocenters. The van der Waals surface area contributed by atoms with E-state index >= 15 is 0 Å². The zero-order valence-electron chi connectivity index (χ0n) is 11.9. The molecule has 0 atom stereocenters. The number of rotatable bonds is 5. The number of carboxylic acids is 1. The number of aliphatic carboxylic acids is 1. The molecule has 0 saturated carbocycles. The first-order valence-corrected chi connectivity index (χ1v) is 7.76. The van der Waals surface area contributed by atoms with Crippen LogP contribution in [0.5, 0.6) is 0 Å². The average molecular weight is 346 g/mol. The molecule has 0 radical (unpaired) electrons. The molecule has 1 aromatic rings. The first kappa shape index (κ1) is 17.1. The molecule has 7 heteroatoms. The summed E-state index contributed by atoms with van der Waals surface area (Å²) in [6, 6.07) is 4.88. The lowest BCUT2D eigenvalue weighted by atomic mass is 10.0. The third-order valence-corrected chi connectivity index (χ3v) is 4.34. The molecule has 1 aliphatic rings. The number of carbonyl (C=O) groups excluding carboxylic acids is 1. The molecule has 1 saturated heterocycles. The van der Waals surface area contributed by atoms with Crippen molar-refractivity contribution in [3.63, 3.8) is 0 Å². The van der Waals surface area contributed by atoms with Crippen LogP contribution in [0.15, 0.2) is 18.2 Å². The van der Waals surface area contributed by atoms with E-state index in [4.69, 9.17) is 33.0 Å². The van der Waals surface area contributed by atoms with Gasteiger partial charge in [-0.2, -0.15) is 0 Å². The van der Waals surface area contributed by atoms with Crippen LogP contribution in [-0.4, -0.2) is 47.7 Å². The molecule has 1 amide bonds. The minimum Gasteiger partial charge on any atom is -0.480 e. The van der Waals surface area contributed by atoms with Crippen molar-refractivity contribution in [3.05, 3.63) is 33.8 Å². The van der Waals surface area contributed by atoms with Crippen molar-refractivity contribution >= 4 is 35.1 Å². The van der Waals surface area contributed by atoms with Crippen LogP contribution in [0.1, 0.15) is 18.4 Å². The smallest absolute Gasteiger partial charge is 0.323 e. The molecule has 0 bridgehead atoms. The molecule has 1 fully saturated rings. The van der Waals surface area contributed by atoms with E-state index in [9.17, 15) is 9.59 Å². The van der Waals surface area contributed by atoms with E-state index in [0.717, 1.165) is 0 Å². The van der Waals surface area contributed by atoms with Crippen LogP contribution in [0.25, 0.3) is 0 Å². The third-order valence-electron chi connectivity index (χ3n) is 3.60. The van der Waals surface area contributed by atoms with Crippen molar-refractivity contribution in [1.29, 1.82) is 0 Å². The summed E-state index contributed by atoms with van der Waals surface area (Å²) < 4.78 is 5.26. The minimum atomic E-state index is -1.02. The number of hydrogen-bond donors (Lipinski definition) is 1. The van der Waals surface area contributed by atoms with Crippen LogP contribution in [0.2, 0.25) is 10.0 Å². The van der Waals surface area contributed by atoms with Crippen molar-refractivity contribution in [2.45, 2.75) is 25.3 Å². The quantitative estimate of drug-likeness (QED) is 0.890. The number of benzene rings is 1. The second-order valence-corrected chi connectivity index (χ2v) is 6.00. The molecule has 1 N–H and O–H groups in total. The Bertz CT molecular complexity index is 558. The van der Waals surface area contributed by atoms with E-state index in [0.29, 0.717) is 41.7 Å². The summed E-state index contributed by atoms with van der Waals surface area (Å²) in [6.07, 6.45) is 1.41. The number of carbonyl (C=O) groups is 2. The Balaban J connectivity index is 2.10. The number of hydrogen-bond acceptors (Lipinski definition) is 3. The highest BCUT2D eigenvalue weighted by molar-refractivity contribution is 6.42. The van der Waals surface area contributed by atoms with Crippen LogP contribution in [-0.2, 0) is 20.7 Å². The molecule has 22 heavy (non-hydrogen) atoms. The summed E-state index contributed by atoms with van der Waals surface area (Å²) in [5, 5.41) is 9.84. The van der Waals surface area contributed by atoms with Gasteiger partial charge in [0, 0.05) is 19.3 Å². The van der Waals surface area contributed by atoms with E-state index < -0.39 is 5.97 Å². The van der Waals surface area contributed by atoms with Gasteiger partial charge in [-0.25, -0.2) is 0 Å². The molecule has 5 nitrogen and oxygen atoms in total. The molecular weight excluding hydrogens is 329 g/mol. The maximum Gasteiger partial charge on any atom is 0.323 e. The standard InChI is InChI=1S/C15H17Cl2NO4/c16-12-2-1-10(7-13(12)17)8-14(19)18(9-15(20)21)11-3-5-22-6-4-11/h1-2,7,11H,3-6,8-9H2,(H,20,21). The first-order chi connectivity index (χ1) is 10.5.